The highest BCUT2D eigenvalue weighted by molar-refractivity contribution is 5.99. The molecule has 6 N–H and O–H groups in total. The summed E-state index contributed by atoms with van der Waals surface area (Å²) in [5.41, 5.74) is 13.1. The van der Waals surface area contributed by atoms with Gasteiger partial charge in [0.15, 0.2) is 17.5 Å². The highest BCUT2D eigenvalue weighted by atomic mass is 19.1. The highest BCUT2D eigenvalue weighted by Crippen LogP contribution is 2.28. The van der Waals surface area contributed by atoms with Crippen LogP contribution in [-0.4, -0.2) is 37.7 Å². The molecule has 5 rings (SSSR count). The Hall–Kier alpha value is -4.05. The Balaban J connectivity index is 1.45. The number of carbonyl (C=O) groups is 1. The van der Waals surface area contributed by atoms with E-state index in [1.54, 1.807) is 10.9 Å². The number of pyridine rings is 2. The molecule has 0 bridgehead atoms. The molecular weight excluding hydrogens is 435 g/mol. The van der Waals surface area contributed by atoms with E-state index < -0.39 is 11.7 Å². The lowest BCUT2D eigenvalue weighted by Crippen LogP contribution is -2.43. The van der Waals surface area contributed by atoms with Gasteiger partial charge in [0.05, 0.1) is 11.1 Å². The molecule has 2 atom stereocenters. The molecule has 34 heavy (non-hydrogen) atoms. The highest BCUT2D eigenvalue weighted by Gasteiger charge is 2.24. The fourth-order valence-electron chi connectivity index (χ4n) is 4.25. The second kappa shape index (κ2) is 9.06. The van der Waals surface area contributed by atoms with Crippen molar-refractivity contribution in [1.29, 1.82) is 0 Å². The Bertz CT molecular complexity index is 1340. The van der Waals surface area contributed by atoms with Crippen LogP contribution in [0.3, 0.4) is 0 Å². The third-order valence-corrected chi connectivity index (χ3v) is 6.06. The van der Waals surface area contributed by atoms with E-state index in [1.807, 2.05) is 42.6 Å². The summed E-state index contributed by atoms with van der Waals surface area (Å²) in [6.07, 6.45) is 7.29. The number of benzene rings is 1. The quantitative estimate of drug-likeness (QED) is 0.346. The van der Waals surface area contributed by atoms with Gasteiger partial charge in [-0.05, 0) is 55.3 Å². The largest absolute Gasteiger partial charge is 0.365 e. The number of anilines is 3. The fourth-order valence-corrected chi connectivity index (χ4v) is 4.25. The Kier molecular flexibility index (Phi) is 5.81. The molecule has 1 fully saturated rings. The molecule has 0 saturated heterocycles. The molecular formula is C24H25FN8O. The molecule has 174 valence electrons. The van der Waals surface area contributed by atoms with E-state index in [9.17, 15) is 9.18 Å². The van der Waals surface area contributed by atoms with E-state index in [1.165, 1.54) is 0 Å². The van der Waals surface area contributed by atoms with Gasteiger partial charge in [-0.25, -0.2) is 19.0 Å². The number of carbonyl (C=O) groups excluding carboxylic acids is 1. The molecule has 2 unspecified atom stereocenters. The number of aromatic nitrogens is 4. The van der Waals surface area contributed by atoms with Crippen LogP contribution in [-0.2, 0) is 0 Å². The van der Waals surface area contributed by atoms with Crippen LogP contribution in [0.1, 0.15) is 36.0 Å². The first-order valence-corrected chi connectivity index (χ1v) is 11.2. The standard InChI is InChI=1S/C24H25FN8O/c25-17-13-16(22(27)34)23(32-24(17)31-20-5-2-1-4-18(20)26)29-15-7-8-19-14(12-15)6-9-21(30-19)33-11-3-10-28-33/h3,6-13,18,20H,1-2,4-5,26H2,(H2,27,34)(H2,29,31,32). The van der Waals surface area contributed by atoms with Crippen LogP contribution in [0, 0.1) is 5.82 Å². The number of rotatable bonds is 6. The summed E-state index contributed by atoms with van der Waals surface area (Å²) in [5.74, 6) is -0.513. The van der Waals surface area contributed by atoms with Crippen LogP contribution in [0.5, 0.6) is 0 Å². The van der Waals surface area contributed by atoms with Gasteiger partial charge in [-0.15, -0.1) is 0 Å². The predicted octanol–water partition coefficient (Wildman–Crippen LogP) is 3.48. The molecule has 1 aliphatic carbocycles. The van der Waals surface area contributed by atoms with Crippen LogP contribution in [0.4, 0.5) is 21.7 Å². The molecule has 10 heteroatoms. The average molecular weight is 461 g/mol. The van der Waals surface area contributed by atoms with Crippen molar-refractivity contribution in [2.24, 2.45) is 11.5 Å². The molecule has 9 nitrogen and oxygen atoms in total. The van der Waals surface area contributed by atoms with E-state index in [0.717, 1.165) is 42.7 Å². The summed E-state index contributed by atoms with van der Waals surface area (Å²) in [5, 5.41) is 11.3. The van der Waals surface area contributed by atoms with E-state index in [-0.39, 0.29) is 29.3 Å². The molecule has 0 radical (unpaired) electrons. The van der Waals surface area contributed by atoms with E-state index in [0.29, 0.717) is 11.5 Å². The van der Waals surface area contributed by atoms with Crippen molar-refractivity contribution in [3.63, 3.8) is 0 Å². The maximum atomic E-state index is 14.8. The number of fused-ring (bicyclic) bond motifs is 1. The first kappa shape index (κ1) is 21.8. The van der Waals surface area contributed by atoms with Crippen molar-refractivity contribution >= 4 is 34.1 Å². The third kappa shape index (κ3) is 4.40. The summed E-state index contributed by atoms with van der Waals surface area (Å²) < 4.78 is 16.4. The topological polar surface area (TPSA) is 137 Å². The van der Waals surface area contributed by atoms with Crippen molar-refractivity contribution in [3.8, 4) is 5.82 Å². The van der Waals surface area contributed by atoms with Crippen molar-refractivity contribution in [2.45, 2.75) is 37.8 Å². The summed E-state index contributed by atoms with van der Waals surface area (Å²) in [7, 11) is 0. The fraction of sp³-hybridized carbons (Fsp3) is 0.250. The molecule has 0 aliphatic heterocycles. The number of amides is 1. The number of nitrogens with zero attached hydrogens (tertiary/aromatic N) is 4. The molecule has 3 heterocycles. The van der Waals surface area contributed by atoms with E-state index in [2.05, 4.69) is 25.7 Å². The van der Waals surface area contributed by atoms with Crippen LogP contribution in [0.2, 0.25) is 0 Å². The summed E-state index contributed by atoms with van der Waals surface area (Å²) in [4.78, 5) is 21.0. The molecule has 3 aromatic heterocycles. The smallest absolute Gasteiger partial charge is 0.252 e. The van der Waals surface area contributed by atoms with Gasteiger partial charge in [0, 0.05) is 35.6 Å². The average Bonchev–Trinajstić information content (AvgIpc) is 3.37. The normalized spacial score (nSPS) is 18.1. The number of hydrogen-bond acceptors (Lipinski definition) is 7. The third-order valence-electron chi connectivity index (χ3n) is 6.06. The summed E-state index contributed by atoms with van der Waals surface area (Å²) in [6.45, 7) is 0. The summed E-state index contributed by atoms with van der Waals surface area (Å²) >= 11 is 0. The van der Waals surface area contributed by atoms with E-state index in [4.69, 9.17) is 11.5 Å². The zero-order chi connectivity index (χ0) is 23.7. The Morgan fingerprint density at radius 2 is 1.94 bits per heavy atom. The predicted molar refractivity (Wildman–Crippen MR) is 129 cm³/mol. The van der Waals surface area contributed by atoms with Gasteiger partial charge in [0.1, 0.15) is 5.82 Å². The number of halogens is 1. The van der Waals surface area contributed by atoms with Crippen molar-refractivity contribution in [2.75, 3.05) is 10.6 Å². The Labute approximate surface area is 195 Å². The first-order chi connectivity index (χ1) is 16.5. The van der Waals surface area contributed by atoms with Gasteiger partial charge in [0.25, 0.3) is 5.91 Å². The SMILES string of the molecule is NC(=O)c1cc(F)c(NC2CCCCC2N)nc1Nc1ccc2nc(-n3cccn3)ccc2c1. The molecule has 1 aliphatic rings. The second-order valence-corrected chi connectivity index (χ2v) is 8.43. The van der Waals surface area contributed by atoms with Crippen LogP contribution >= 0.6 is 0 Å². The molecule has 1 aromatic carbocycles. The number of nitrogens with one attached hydrogen (secondary N) is 2. The van der Waals surface area contributed by atoms with Gasteiger partial charge in [0.2, 0.25) is 0 Å². The second-order valence-electron chi connectivity index (χ2n) is 8.43. The van der Waals surface area contributed by atoms with Gasteiger partial charge in [-0.2, -0.15) is 5.10 Å². The lowest BCUT2D eigenvalue weighted by atomic mass is 9.91. The molecule has 0 spiro atoms. The monoisotopic (exact) mass is 460 g/mol. The maximum Gasteiger partial charge on any atom is 0.252 e. The zero-order valence-electron chi connectivity index (χ0n) is 18.4. The minimum atomic E-state index is -0.777. The minimum Gasteiger partial charge on any atom is -0.365 e. The lowest BCUT2D eigenvalue weighted by molar-refractivity contribution is 0.100. The molecule has 1 saturated carbocycles. The van der Waals surface area contributed by atoms with Gasteiger partial charge >= 0.3 is 0 Å². The Morgan fingerprint density at radius 3 is 2.71 bits per heavy atom. The first-order valence-electron chi connectivity index (χ1n) is 11.2. The zero-order valence-corrected chi connectivity index (χ0v) is 18.4. The Morgan fingerprint density at radius 1 is 1.09 bits per heavy atom. The van der Waals surface area contributed by atoms with E-state index >= 15 is 0 Å². The van der Waals surface area contributed by atoms with Crippen LogP contribution in [0.15, 0.2) is 54.9 Å². The maximum absolute atomic E-state index is 14.8. The minimum absolute atomic E-state index is 0.0387. The molecule has 4 aromatic rings. The number of primary amides is 1. The van der Waals surface area contributed by atoms with Crippen LogP contribution < -0.4 is 22.1 Å². The summed E-state index contributed by atoms with van der Waals surface area (Å²) in [6, 6.07) is 12.1. The van der Waals surface area contributed by atoms with Gasteiger partial charge in [-0.3, -0.25) is 4.79 Å². The molecule has 1 amide bonds. The number of nitrogens with two attached hydrogens (primary N) is 2. The van der Waals surface area contributed by atoms with Crippen molar-refractivity contribution in [3.05, 3.63) is 66.2 Å². The van der Waals surface area contributed by atoms with Crippen LogP contribution in [0.25, 0.3) is 16.7 Å². The van der Waals surface area contributed by atoms with Crippen molar-refractivity contribution < 1.29 is 9.18 Å². The lowest BCUT2D eigenvalue weighted by Gasteiger charge is -2.30. The van der Waals surface area contributed by atoms with Gasteiger partial charge < -0.3 is 22.1 Å². The number of hydrogen-bond donors (Lipinski definition) is 4. The van der Waals surface area contributed by atoms with Gasteiger partial charge in [-0.1, -0.05) is 12.8 Å². The van der Waals surface area contributed by atoms with Crippen molar-refractivity contribution in [1.82, 2.24) is 19.7 Å².